The molecule has 156 valence electrons. The van der Waals surface area contributed by atoms with E-state index in [4.69, 9.17) is 0 Å². The Morgan fingerprint density at radius 2 is 1.16 bits per heavy atom. The fraction of sp³-hybridized carbons (Fsp3) is 0.0370. The molecule has 0 aliphatic heterocycles. The van der Waals surface area contributed by atoms with Gasteiger partial charge in [0.05, 0.1) is 17.0 Å². The number of hydrogen-bond donors (Lipinski definition) is 0. The van der Waals surface area contributed by atoms with Gasteiger partial charge in [0.1, 0.15) is 0 Å². The molecule has 0 radical (unpaired) electrons. The molecule has 0 unspecified atom stereocenters. The van der Waals surface area contributed by atoms with E-state index in [9.17, 15) is 13.2 Å². The molecule has 0 fully saturated rings. The van der Waals surface area contributed by atoms with Crippen molar-refractivity contribution < 1.29 is 13.2 Å². The smallest absolute Gasteiger partial charge is 0.255 e. The summed E-state index contributed by atoms with van der Waals surface area (Å²) in [5.74, 6) is 0. The first-order valence-electron chi connectivity index (χ1n) is 10.1. The molecule has 0 saturated heterocycles. The van der Waals surface area contributed by atoms with E-state index >= 15 is 0 Å². The summed E-state index contributed by atoms with van der Waals surface area (Å²) in [6, 6.07) is 27.0. The third kappa shape index (κ3) is 3.97. The van der Waals surface area contributed by atoms with E-state index in [0.29, 0.717) is 0 Å². The van der Waals surface area contributed by atoms with Gasteiger partial charge in [-0.2, -0.15) is 13.2 Å². The molecule has 0 aliphatic rings. The molecule has 0 saturated carbocycles. The predicted molar refractivity (Wildman–Crippen MR) is 121 cm³/mol. The molecule has 0 aliphatic carbocycles. The summed E-state index contributed by atoms with van der Waals surface area (Å²) in [4.78, 5) is 8.87. The van der Waals surface area contributed by atoms with E-state index in [1.54, 1.807) is 6.20 Å². The second-order valence-corrected chi connectivity index (χ2v) is 7.50. The van der Waals surface area contributed by atoms with Gasteiger partial charge in [-0.15, -0.1) is 0 Å². The fourth-order valence-corrected chi connectivity index (χ4v) is 3.69. The lowest BCUT2D eigenvalue weighted by Crippen LogP contribution is -2.03. The highest BCUT2D eigenvalue weighted by atomic mass is 19.4. The monoisotopic (exact) mass is 426 g/mol. The highest BCUT2D eigenvalue weighted by molar-refractivity contribution is 5.91. The number of halogens is 3. The minimum Gasteiger partial charge on any atom is -0.255 e. The van der Waals surface area contributed by atoms with Crippen LogP contribution in [0.25, 0.3) is 44.4 Å². The Morgan fingerprint density at radius 1 is 0.531 bits per heavy atom. The van der Waals surface area contributed by atoms with Crippen LogP contribution in [0.2, 0.25) is 0 Å². The summed E-state index contributed by atoms with van der Waals surface area (Å²) in [7, 11) is 0. The van der Waals surface area contributed by atoms with Crippen LogP contribution in [0.5, 0.6) is 0 Å². The zero-order valence-electron chi connectivity index (χ0n) is 16.8. The molecule has 0 atom stereocenters. The van der Waals surface area contributed by atoms with Crippen molar-refractivity contribution in [3.05, 3.63) is 109 Å². The van der Waals surface area contributed by atoms with Crippen LogP contribution in [0, 0.1) is 0 Å². The highest BCUT2D eigenvalue weighted by Crippen LogP contribution is 2.32. The standard InChI is InChI=1S/C27H17F3N2/c28-27(29,30)24-11-8-18(9-12-24)20-6-4-19-5-7-21(16-23(19)15-20)22-10-13-26(32-17-22)25-3-1-2-14-31-25/h1-17H. The van der Waals surface area contributed by atoms with Crippen LogP contribution in [0.1, 0.15) is 5.56 Å². The summed E-state index contributed by atoms with van der Waals surface area (Å²) >= 11 is 0. The Hall–Kier alpha value is -3.99. The number of benzene rings is 3. The van der Waals surface area contributed by atoms with Crippen molar-refractivity contribution in [1.29, 1.82) is 0 Å². The molecule has 32 heavy (non-hydrogen) atoms. The first-order valence-corrected chi connectivity index (χ1v) is 10.1. The van der Waals surface area contributed by atoms with Crippen LogP contribution in [0.4, 0.5) is 13.2 Å². The lowest BCUT2D eigenvalue weighted by atomic mass is 9.97. The van der Waals surface area contributed by atoms with Gasteiger partial charge in [0.15, 0.2) is 0 Å². The summed E-state index contributed by atoms with van der Waals surface area (Å²) < 4.78 is 38.5. The van der Waals surface area contributed by atoms with Gasteiger partial charge in [0, 0.05) is 18.0 Å². The Morgan fingerprint density at radius 3 is 1.75 bits per heavy atom. The summed E-state index contributed by atoms with van der Waals surface area (Å²) in [5, 5.41) is 2.07. The number of fused-ring (bicyclic) bond motifs is 1. The second kappa shape index (κ2) is 7.93. The maximum Gasteiger partial charge on any atom is 0.416 e. The zero-order valence-corrected chi connectivity index (χ0v) is 16.8. The van der Waals surface area contributed by atoms with Gasteiger partial charge in [-0.05, 0) is 69.9 Å². The summed E-state index contributed by atoms with van der Waals surface area (Å²) in [6.45, 7) is 0. The molecule has 0 amide bonds. The van der Waals surface area contributed by atoms with E-state index in [2.05, 4.69) is 16.0 Å². The maximum absolute atomic E-state index is 12.8. The van der Waals surface area contributed by atoms with E-state index in [0.717, 1.165) is 56.5 Å². The van der Waals surface area contributed by atoms with E-state index in [1.807, 2.05) is 66.9 Å². The molecule has 0 N–H and O–H groups in total. The van der Waals surface area contributed by atoms with Crippen LogP contribution in [-0.4, -0.2) is 9.97 Å². The van der Waals surface area contributed by atoms with Crippen LogP contribution >= 0.6 is 0 Å². The van der Waals surface area contributed by atoms with Crippen molar-refractivity contribution in [3.8, 4) is 33.6 Å². The molecule has 3 aromatic carbocycles. The maximum atomic E-state index is 12.8. The number of pyridine rings is 2. The molecule has 0 spiro atoms. The Balaban J connectivity index is 1.47. The van der Waals surface area contributed by atoms with Crippen LogP contribution in [-0.2, 0) is 6.18 Å². The number of rotatable bonds is 3. The first-order chi connectivity index (χ1) is 15.5. The molecule has 2 aromatic heterocycles. The summed E-state index contributed by atoms with van der Waals surface area (Å²) in [6.07, 6.45) is -0.773. The van der Waals surface area contributed by atoms with Crippen LogP contribution in [0.3, 0.4) is 0 Å². The summed E-state index contributed by atoms with van der Waals surface area (Å²) in [5.41, 5.74) is 4.58. The van der Waals surface area contributed by atoms with E-state index in [-0.39, 0.29) is 0 Å². The van der Waals surface area contributed by atoms with Gasteiger partial charge in [-0.25, -0.2) is 0 Å². The average Bonchev–Trinajstić information content (AvgIpc) is 2.83. The van der Waals surface area contributed by atoms with Gasteiger partial charge < -0.3 is 0 Å². The SMILES string of the molecule is FC(F)(F)c1ccc(-c2ccc3ccc(-c4ccc(-c5ccccn5)nc4)cc3c2)cc1. The van der Waals surface area contributed by atoms with E-state index < -0.39 is 11.7 Å². The highest BCUT2D eigenvalue weighted by Gasteiger charge is 2.29. The van der Waals surface area contributed by atoms with Crippen molar-refractivity contribution >= 4 is 10.8 Å². The van der Waals surface area contributed by atoms with Gasteiger partial charge in [-0.1, -0.05) is 48.5 Å². The molecule has 5 heteroatoms. The van der Waals surface area contributed by atoms with Gasteiger partial charge in [-0.3, -0.25) is 9.97 Å². The predicted octanol–water partition coefficient (Wildman–Crippen LogP) is 7.65. The minimum absolute atomic E-state index is 0.647. The van der Waals surface area contributed by atoms with Gasteiger partial charge >= 0.3 is 6.18 Å². The van der Waals surface area contributed by atoms with Crippen molar-refractivity contribution in [2.75, 3.05) is 0 Å². The molecule has 5 aromatic rings. The van der Waals surface area contributed by atoms with Gasteiger partial charge in [0.25, 0.3) is 0 Å². The zero-order chi connectivity index (χ0) is 22.1. The number of hydrogen-bond acceptors (Lipinski definition) is 2. The lowest BCUT2D eigenvalue weighted by molar-refractivity contribution is -0.137. The quantitative estimate of drug-likeness (QED) is 0.296. The largest absolute Gasteiger partial charge is 0.416 e. The average molecular weight is 426 g/mol. The number of aromatic nitrogens is 2. The third-order valence-electron chi connectivity index (χ3n) is 5.41. The number of alkyl halides is 3. The third-order valence-corrected chi connectivity index (χ3v) is 5.41. The van der Waals surface area contributed by atoms with Crippen molar-refractivity contribution in [2.24, 2.45) is 0 Å². The Labute approximate surface area is 183 Å². The lowest BCUT2D eigenvalue weighted by Gasteiger charge is -2.09. The normalized spacial score (nSPS) is 11.6. The Kier molecular flexibility index (Phi) is 4.94. The molecule has 2 nitrogen and oxygen atoms in total. The topological polar surface area (TPSA) is 25.8 Å². The fourth-order valence-electron chi connectivity index (χ4n) is 3.69. The molecule has 2 heterocycles. The van der Waals surface area contributed by atoms with E-state index in [1.165, 1.54) is 12.1 Å². The van der Waals surface area contributed by atoms with Crippen molar-refractivity contribution in [3.63, 3.8) is 0 Å². The van der Waals surface area contributed by atoms with Crippen molar-refractivity contribution in [1.82, 2.24) is 9.97 Å². The van der Waals surface area contributed by atoms with Crippen LogP contribution < -0.4 is 0 Å². The molecular weight excluding hydrogens is 409 g/mol. The first kappa shape index (κ1) is 19.9. The van der Waals surface area contributed by atoms with Gasteiger partial charge in [0.2, 0.25) is 0 Å². The molecule has 0 bridgehead atoms. The molecular formula is C27H17F3N2. The van der Waals surface area contributed by atoms with Crippen molar-refractivity contribution in [2.45, 2.75) is 6.18 Å². The molecule has 5 rings (SSSR count). The minimum atomic E-state index is -4.34. The second-order valence-electron chi connectivity index (χ2n) is 7.50. The number of nitrogens with zero attached hydrogens (tertiary/aromatic N) is 2. The Bertz CT molecular complexity index is 1380. The van der Waals surface area contributed by atoms with Crippen LogP contribution in [0.15, 0.2) is 103 Å².